The summed E-state index contributed by atoms with van der Waals surface area (Å²) in [6.07, 6.45) is 15.6. The number of nitrogens with zero attached hydrogens (tertiary/aromatic N) is 1. The van der Waals surface area contributed by atoms with Crippen LogP contribution < -0.4 is 10.8 Å². The molecule has 1 aliphatic heterocycles. The zero-order valence-electron chi connectivity index (χ0n) is 18.5. The monoisotopic (exact) mass is 435 g/mol. The zero-order chi connectivity index (χ0) is 21.5. The summed E-state index contributed by atoms with van der Waals surface area (Å²) in [5.74, 6) is 1.73. The van der Waals surface area contributed by atoms with E-state index >= 15 is 0 Å². The van der Waals surface area contributed by atoms with Crippen molar-refractivity contribution in [2.75, 3.05) is 19.6 Å². The van der Waals surface area contributed by atoms with Gasteiger partial charge in [-0.3, -0.25) is 4.79 Å². The lowest BCUT2D eigenvalue weighted by Gasteiger charge is -2.38. The fraction of sp³-hybridized carbons (Fsp3) is 0.708. The SMILES string of the molecule is CC(C)[C@@H](NCCC1=CCC([NH2+][O-])CC1)C(=O)N1CCC(C2C=CC(Cl)=CC2)CC1. The van der Waals surface area contributed by atoms with Crippen LogP contribution in [0.1, 0.15) is 58.8 Å². The average molecular weight is 436 g/mol. The van der Waals surface area contributed by atoms with Gasteiger partial charge < -0.3 is 20.9 Å². The van der Waals surface area contributed by atoms with Crippen molar-refractivity contribution < 1.29 is 10.3 Å². The predicted molar refractivity (Wildman–Crippen MR) is 123 cm³/mol. The Morgan fingerprint density at radius 1 is 1.27 bits per heavy atom. The maximum absolute atomic E-state index is 13.2. The fourth-order valence-corrected chi connectivity index (χ4v) is 5.12. The second-order valence-electron chi connectivity index (χ2n) is 9.47. The Balaban J connectivity index is 1.44. The van der Waals surface area contributed by atoms with E-state index in [0.29, 0.717) is 11.8 Å². The number of carbonyl (C=O) groups excluding carboxylic acids is 1. The van der Waals surface area contributed by atoms with Crippen molar-refractivity contribution in [3.63, 3.8) is 0 Å². The Morgan fingerprint density at radius 3 is 2.60 bits per heavy atom. The van der Waals surface area contributed by atoms with Crippen LogP contribution in [0.5, 0.6) is 0 Å². The molecule has 1 amide bonds. The molecule has 3 atom stereocenters. The van der Waals surface area contributed by atoms with Crippen LogP contribution in [0, 0.1) is 23.0 Å². The highest BCUT2D eigenvalue weighted by atomic mass is 35.5. The van der Waals surface area contributed by atoms with Gasteiger partial charge in [-0.2, -0.15) is 0 Å². The third-order valence-corrected chi connectivity index (χ3v) is 7.31. The minimum Gasteiger partial charge on any atom is -0.636 e. The number of rotatable bonds is 8. The van der Waals surface area contributed by atoms with E-state index in [1.54, 1.807) is 0 Å². The number of carbonyl (C=O) groups is 1. The molecule has 1 saturated heterocycles. The Morgan fingerprint density at radius 2 is 2.03 bits per heavy atom. The van der Waals surface area contributed by atoms with Crippen molar-refractivity contribution >= 4 is 17.5 Å². The van der Waals surface area contributed by atoms with Crippen LogP contribution in [0.4, 0.5) is 0 Å². The van der Waals surface area contributed by atoms with Crippen molar-refractivity contribution in [1.29, 1.82) is 0 Å². The third kappa shape index (κ3) is 6.43. The molecule has 2 aliphatic carbocycles. The first-order valence-corrected chi connectivity index (χ1v) is 12.0. The highest BCUT2D eigenvalue weighted by Crippen LogP contribution is 2.32. The van der Waals surface area contributed by atoms with Crippen LogP contribution >= 0.6 is 11.6 Å². The van der Waals surface area contributed by atoms with Crippen LogP contribution in [-0.2, 0) is 4.79 Å². The number of allylic oxidation sites excluding steroid dienone is 4. The topological polar surface area (TPSA) is 72.0 Å². The van der Waals surface area contributed by atoms with E-state index in [1.807, 2.05) is 6.08 Å². The Bertz CT molecular complexity index is 665. The number of quaternary nitrogens is 1. The first-order valence-electron chi connectivity index (χ1n) is 11.7. The fourth-order valence-electron chi connectivity index (χ4n) is 4.96. The molecule has 2 unspecified atom stereocenters. The van der Waals surface area contributed by atoms with Gasteiger partial charge in [0.2, 0.25) is 5.91 Å². The molecule has 1 heterocycles. The first kappa shape index (κ1) is 23.5. The Labute approximate surface area is 186 Å². The smallest absolute Gasteiger partial charge is 0.239 e. The number of likely N-dealkylation sites (tertiary alicyclic amines) is 1. The van der Waals surface area contributed by atoms with E-state index in [2.05, 4.69) is 42.3 Å². The lowest BCUT2D eigenvalue weighted by Crippen LogP contribution is -2.84. The largest absolute Gasteiger partial charge is 0.636 e. The lowest BCUT2D eigenvalue weighted by atomic mass is 9.80. The van der Waals surface area contributed by atoms with Gasteiger partial charge in [0.15, 0.2) is 0 Å². The van der Waals surface area contributed by atoms with E-state index in [4.69, 9.17) is 11.6 Å². The number of hydrogen-bond acceptors (Lipinski definition) is 3. The molecule has 3 rings (SSSR count). The summed E-state index contributed by atoms with van der Waals surface area (Å²) in [5, 5.41) is 15.3. The molecular formula is C24H38ClN3O2. The number of hydroxylamine groups is 1. The number of amides is 1. The Kier molecular flexibility index (Phi) is 8.99. The molecule has 0 aromatic rings. The quantitative estimate of drug-likeness (QED) is 0.453. The van der Waals surface area contributed by atoms with Crippen LogP contribution in [0.25, 0.3) is 0 Å². The second kappa shape index (κ2) is 11.5. The van der Waals surface area contributed by atoms with Gasteiger partial charge in [-0.25, -0.2) is 0 Å². The standard InChI is InChI=1S/C24H38ClN3O2/c1-17(2)23(26-14-11-18-3-9-22(27-30)10-4-18)24(29)28-15-12-20(13-16-28)19-5-7-21(25)8-6-19/h3,5,7-8,17,19-20,22-23,26H,4,6,9-16,27H2,1-2H3/t19?,22?,23-/m1/s1. The molecular weight excluding hydrogens is 398 g/mol. The zero-order valence-corrected chi connectivity index (χ0v) is 19.2. The van der Waals surface area contributed by atoms with Gasteiger partial charge in [-0.05, 0) is 62.5 Å². The van der Waals surface area contributed by atoms with Crippen LogP contribution in [-0.4, -0.2) is 42.5 Å². The van der Waals surface area contributed by atoms with Gasteiger partial charge in [-0.1, -0.05) is 49.2 Å². The first-order chi connectivity index (χ1) is 14.5. The maximum Gasteiger partial charge on any atom is 0.239 e. The molecule has 0 aromatic heterocycles. The van der Waals surface area contributed by atoms with Gasteiger partial charge in [0.05, 0.1) is 12.1 Å². The van der Waals surface area contributed by atoms with E-state index in [-0.39, 0.29) is 23.9 Å². The molecule has 0 bridgehead atoms. The van der Waals surface area contributed by atoms with Gasteiger partial charge in [-0.15, -0.1) is 0 Å². The van der Waals surface area contributed by atoms with Crippen LogP contribution in [0.3, 0.4) is 0 Å². The normalized spacial score (nSPS) is 26.5. The van der Waals surface area contributed by atoms with Gasteiger partial charge in [0, 0.05) is 31.0 Å². The number of hydrogen-bond donors (Lipinski definition) is 2. The summed E-state index contributed by atoms with van der Waals surface area (Å²) in [5.41, 5.74) is 2.50. The van der Waals surface area contributed by atoms with Crippen LogP contribution in [0.15, 0.2) is 34.9 Å². The predicted octanol–water partition coefficient (Wildman–Crippen LogP) is 3.47. The summed E-state index contributed by atoms with van der Waals surface area (Å²) in [6.45, 7) is 6.78. The van der Waals surface area contributed by atoms with Crippen molar-refractivity contribution in [2.45, 2.75) is 70.9 Å². The molecule has 5 nitrogen and oxygen atoms in total. The van der Waals surface area contributed by atoms with E-state index in [0.717, 1.165) is 75.1 Å². The minimum atomic E-state index is -0.121. The maximum atomic E-state index is 13.2. The van der Waals surface area contributed by atoms with Gasteiger partial charge >= 0.3 is 0 Å². The van der Waals surface area contributed by atoms with Crippen molar-refractivity contribution in [3.8, 4) is 0 Å². The second-order valence-corrected chi connectivity index (χ2v) is 9.91. The van der Waals surface area contributed by atoms with E-state index < -0.39 is 0 Å². The Hall–Kier alpha value is -1.14. The highest BCUT2D eigenvalue weighted by Gasteiger charge is 2.32. The summed E-state index contributed by atoms with van der Waals surface area (Å²) in [4.78, 5) is 15.3. The number of nitrogens with one attached hydrogen (secondary N) is 1. The molecule has 30 heavy (non-hydrogen) atoms. The molecule has 0 saturated carbocycles. The minimum absolute atomic E-state index is 0.121. The average Bonchev–Trinajstić information content (AvgIpc) is 2.77. The van der Waals surface area contributed by atoms with Crippen molar-refractivity contribution in [1.82, 2.24) is 10.2 Å². The molecule has 0 spiro atoms. The molecule has 3 aliphatic rings. The molecule has 0 aromatic carbocycles. The van der Waals surface area contributed by atoms with E-state index in [1.165, 1.54) is 5.57 Å². The summed E-state index contributed by atoms with van der Waals surface area (Å²) < 4.78 is 0. The summed E-state index contributed by atoms with van der Waals surface area (Å²) >= 11 is 6.05. The van der Waals surface area contributed by atoms with Crippen molar-refractivity contribution in [3.05, 3.63) is 40.1 Å². The number of piperidine rings is 1. The third-order valence-electron chi connectivity index (χ3n) is 7.03. The van der Waals surface area contributed by atoms with Crippen molar-refractivity contribution in [2.24, 2.45) is 17.8 Å². The molecule has 168 valence electrons. The lowest BCUT2D eigenvalue weighted by molar-refractivity contribution is -0.627. The summed E-state index contributed by atoms with van der Waals surface area (Å²) in [6, 6.07) is 0.0801. The highest BCUT2D eigenvalue weighted by molar-refractivity contribution is 6.31. The van der Waals surface area contributed by atoms with Gasteiger partial charge in [0.25, 0.3) is 0 Å². The van der Waals surface area contributed by atoms with E-state index in [9.17, 15) is 10.0 Å². The molecule has 0 radical (unpaired) electrons. The van der Waals surface area contributed by atoms with Crippen LogP contribution in [0.2, 0.25) is 0 Å². The number of halogens is 1. The molecule has 1 fully saturated rings. The number of nitrogens with two attached hydrogens (primary N) is 1. The van der Waals surface area contributed by atoms with Gasteiger partial charge in [0.1, 0.15) is 0 Å². The molecule has 3 N–H and O–H groups in total. The molecule has 6 heteroatoms. The summed E-state index contributed by atoms with van der Waals surface area (Å²) in [7, 11) is 0.